The van der Waals surface area contributed by atoms with Crippen molar-refractivity contribution < 1.29 is 0 Å². The molecule has 1 saturated carbocycles. The highest BCUT2D eigenvalue weighted by Gasteiger charge is 2.28. The predicted molar refractivity (Wildman–Crippen MR) is 79.9 cm³/mol. The zero-order valence-corrected chi connectivity index (χ0v) is 12.3. The molecule has 0 atom stereocenters. The maximum absolute atomic E-state index is 3.86. The molecule has 0 amide bonds. The van der Waals surface area contributed by atoms with E-state index < -0.39 is 0 Å². The van der Waals surface area contributed by atoms with Gasteiger partial charge in [-0.15, -0.1) is 17.9 Å². The molecule has 0 radical (unpaired) electrons. The summed E-state index contributed by atoms with van der Waals surface area (Å²) in [5.41, 5.74) is 0. The van der Waals surface area contributed by atoms with E-state index in [1.165, 1.54) is 22.6 Å². The molecule has 2 rings (SSSR count). The highest BCUT2D eigenvalue weighted by Crippen LogP contribution is 2.29. The topological polar surface area (TPSA) is 15.3 Å². The van der Waals surface area contributed by atoms with Crippen LogP contribution in [0.25, 0.3) is 0 Å². The fourth-order valence-electron chi connectivity index (χ4n) is 2.06. The Balaban J connectivity index is 1.86. The molecule has 0 spiro atoms. The Labute approximate surface area is 115 Å². The number of hydrogen-bond donors (Lipinski definition) is 1. The van der Waals surface area contributed by atoms with Crippen molar-refractivity contribution in [2.24, 2.45) is 0 Å². The number of nitrogens with zero attached hydrogens (tertiary/aromatic N) is 1. The van der Waals surface area contributed by atoms with Gasteiger partial charge < -0.3 is 5.32 Å². The molecule has 1 aliphatic carbocycles. The Bertz CT molecular complexity index is 380. The van der Waals surface area contributed by atoms with E-state index in [4.69, 9.17) is 0 Å². The van der Waals surface area contributed by atoms with Crippen LogP contribution in [0, 0.1) is 0 Å². The van der Waals surface area contributed by atoms with Crippen LogP contribution < -0.4 is 5.32 Å². The van der Waals surface area contributed by atoms with Crippen molar-refractivity contribution in [3.8, 4) is 0 Å². The smallest absolute Gasteiger partial charge is 0.0334 e. The molecule has 0 saturated heterocycles. The van der Waals surface area contributed by atoms with E-state index in [-0.39, 0.29) is 0 Å². The summed E-state index contributed by atoms with van der Waals surface area (Å²) >= 11 is 1.94. The summed E-state index contributed by atoms with van der Waals surface area (Å²) in [6, 6.07) is 5.90. The zero-order chi connectivity index (χ0) is 13.0. The third-order valence-corrected chi connectivity index (χ3v) is 4.26. The number of rotatable bonds is 8. The van der Waals surface area contributed by atoms with E-state index in [0.717, 1.165) is 25.7 Å². The summed E-state index contributed by atoms with van der Waals surface area (Å²) in [5.74, 6) is 0. The van der Waals surface area contributed by atoms with Crippen molar-refractivity contribution in [3.05, 3.63) is 34.5 Å². The summed E-state index contributed by atoms with van der Waals surface area (Å²) < 4.78 is 0. The minimum absolute atomic E-state index is 0.555. The first-order chi connectivity index (χ1) is 8.69. The molecule has 18 heavy (non-hydrogen) atoms. The second kappa shape index (κ2) is 6.50. The van der Waals surface area contributed by atoms with E-state index in [9.17, 15) is 0 Å². The van der Waals surface area contributed by atoms with Crippen LogP contribution in [0.2, 0.25) is 0 Å². The number of nitrogens with one attached hydrogen (secondary N) is 1. The van der Waals surface area contributed by atoms with Gasteiger partial charge in [-0.1, -0.05) is 19.9 Å². The second-order valence-corrected chi connectivity index (χ2v) is 6.61. The molecular weight excluding hydrogens is 240 g/mol. The van der Waals surface area contributed by atoms with Crippen molar-refractivity contribution >= 4 is 11.3 Å². The first kappa shape index (κ1) is 13.8. The van der Waals surface area contributed by atoms with Gasteiger partial charge in [0.25, 0.3) is 0 Å². The van der Waals surface area contributed by atoms with E-state index in [1.54, 1.807) is 0 Å². The molecule has 0 aliphatic heterocycles. The molecule has 1 aromatic rings. The molecule has 3 heteroatoms. The fourth-order valence-corrected chi connectivity index (χ4v) is 3.05. The Hall–Kier alpha value is -0.640. The van der Waals surface area contributed by atoms with Gasteiger partial charge in [0.15, 0.2) is 0 Å². The lowest BCUT2D eigenvalue weighted by atomic mass is 10.3. The van der Waals surface area contributed by atoms with Crippen molar-refractivity contribution in [1.29, 1.82) is 0 Å². The summed E-state index contributed by atoms with van der Waals surface area (Å²) in [6.45, 7) is 11.3. The molecular formula is C15H24N2S. The lowest BCUT2D eigenvalue weighted by molar-refractivity contribution is 0.286. The zero-order valence-electron chi connectivity index (χ0n) is 11.5. The van der Waals surface area contributed by atoms with Crippen molar-refractivity contribution in [2.75, 3.05) is 6.54 Å². The van der Waals surface area contributed by atoms with E-state index in [1.807, 2.05) is 17.4 Å². The normalized spacial score (nSPS) is 15.6. The van der Waals surface area contributed by atoms with Gasteiger partial charge in [0.05, 0.1) is 0 Å². The molecule has 1 N–H and O–H groups in total. The van der Waals surface area contributed by atoms with Gasteiger partial charge in [0.2, 0.25) is 0 Å². The van der Waals surface area contributed by atoms with Gasteiger partial charge in [0.1, 0.15) is 0 Å². The molecule has 0 bridgehead atoms. The van der Waals surface area contributed by atoms with Gasteiger partial charge in [0, 0.05) is 41.5 Å². The molecule has 1 aromatic heterocycles. The standard InChI is InChI=1S/C15H24N2S/c1-4-9-17(13-5-6-13)11-15-8-7-14(18-15)10-16-12(2)3/h4,7-8,12-13,16H,1,5-6,9-11H2,2-3H3. The number of hydrogen-bond acceptors (Lipinski definition) is 3. The third-order valence-electron chi connectivity index (χ3n) is 3.19. The predicted octanol–water partition coefficient (Wildman–Crippen LogP) is 3.40. The summed E-state index contributed by atoms with van der Waals surface area (Å²) in [4.78, 5) is 5.45. The highest BCUT2D eigenvalue weighted by atomic mass is 32.1. The van der Waals surface area contributed by atoms with Crippen LogP contribution in [0.4, 0.5) is 0 Å². The largest absolute Gasteiger partial charge is 0.310 e. The molecule has 2 nitrogen and oxygen atoms in total. The average molecular weight is 264 g/mol. The summed E-state index contributed by atoms with van der Waals surface area (Å²) in [7, 11) is 0. The van der Waals surface area contributed by atoms with Crippen LogP contribution in [-0.4, -0.2) is 23.5 Å². The Morgan fingerprint density at radius 1 is 1.44 bits per heavy atom. The maximum Gasteiger partial charge on any atom is 0.0334 e. The Morgan fingerprint density at radius 2 is 2.17 bits per heavy atom. The molecule has 0 unspecified atom stereocenters. The van der Waals surface area contributed by atoms with Crippen molar-refractivity contribution in [3.63, 3.8) is 0 Å². The van der Waals surface area contributed by atoms with Gasteiger partial charge in [-0.3, -0.25) is 4.90 Å². The van der Waals surface area contributed by atoms with E-state index >= 15 is 0 Å². The van der Waals surface area contributed by atoms with Gasteiger partial charge in [-0.25, -0.2) is 0 Å². The quantitative estimate of drug-likeness (QED) is 0.724. The molecule has 1 aliphatic rings. The van der Waals surface area contributed by atoms with Gasteiger partial charge in [-0.2, -0.15) is 0 Å². The SMILES string of the molecule is C=CCN(Cc1ccc(CNC(C)C)s1)C1CC1. The van der Waals surface area contributed by atoms with E-state index in [2.05, 4.69) is 42.8 Å². The van der Waals surface area contributed by atoms with Crippen LogP contribution in [-0.2, 0) is 13.1 Å². The van der Waals surface area contributed by atoms with Gasteiger partial charge >= 0.3 is 0 Å². The van der Waals surface area contributed by atoms with Crippen LogP contribution in [0.15, 0.2) is 24.8 Å². The summed E-state index contributed by atoms with van der Waals surface area (Å²) in [5, 5.41) is 3.47. The third kappa shape index (κ3) is 4.23. The number of thiophene rings is 1. The lowest BCUT2D eigenvalue weighted by Gasteiger charge is -2.18. The molecule has 1 heterocycles. The minimum Gasteiger partial charge on any atom is -0.310 e. The first-order valence-electron chi connectivity index (χ1n) is 6.85. The average Bonchev–Trinajstić information content (AvgIpc) is 3.08. The fraction of sp³-hybridized carbons (Fsp3) is 0.600. The summed E-state index contributed by atoms with van der Waals surface area (Å²) in [6.07, 6.45) is 4.75. The van der Waals surface area contributed by atoms with Crippen LogP contribution in [0.1, 0.15) is 36.4 Å². The first-order valence-corrected chi connectivity index (χ1v) is 7.66. The minimum atomic E-state index is 0.555. The lowest BCUT2D eigenvalue weighted by Crippen LogP contribution is -2.25. The van der Waals surface area contributed by atoms with E-state index in [0.29, 0.717) is 6.04 Å². The monoisotopic (exact) mass is 264 g/mol. The second-order valence-electron chi connectivity index (χ2n) is 5.35. The van der Waals surface area contributed by atoms with Crippen molar-refractivity contribution in [2.45, 2.75) is 51.9 Å². The highest BCUT2D eigenvalue weighted by molar-refractivity contribution is 7.11. The Kier molecular flexibility index (Phi) is 4.98. The molecule has 100 valence electrons. The molecule has 1 fully saturated rings. The molecule has 0 aromatic carbocycles. The maximum atomic E-state index is 3.86. The van der Waals surface area contributed by atoms with Crippen molar-refractivity contribution in [1.82, 2.24) is 10.2 Å². The Morgan fingerprint density at radius 3 is 2.78 bits per heavy atom. The van der Waals surface area contributed by atoms with Crippen LogP contribution in [0.3, 0.4) is 0 Å². The van der Waals surface area contributed by atoms with Crippen LogP contribution >= 0.6 is 11.3 Å². The van der Waals surface area contributed by atoms with Gasteiger partial charge in [-0.05, 0) is 25.0 Å². The van der Waals surface area contributed by atoms with Crippen LogP contribution in [0.5, 0.6) is 0 Å².